The van der Waals surface area contributed by atoms with E-state index in [1.807, 2.05) is 16.7 Å². The van der Waals surface area contributed by atoms with Crippen LogP contribution in [0.15, 0.2) is 24.5 Å². The number of fused-ring (bicyclic) bond motifs is 1. The summed E-state index contributed by atoms with van der Waals surface area (Å²) in [5.74, 6) is 0.464. The van der Waals surface area contributed by atoms with E-state index in [4.69, 9.17) is 9.47 Å². The van der Waals surface area contributed by atoms with E-state index in [-0.39, 0.29) is 12.0 Å². The predicted molar refractivity (Wildman–Crippen MR) is 140 cm³/mol. The van der Waals surface area contributed by atoms with Gasteiger partial charge in [0, 0.05) is 57.5 Å². The number of nitrogens with zero attached hydrogens (tertiary/aromatic N) is 5. The number of amides is 1. The van der Waals surface area contributed by atoms with Crippen LogP contribution in [0.3, 0.4) is 0 Å². The van der Waals surface area contributed by atoms with Gasteiger partial charge in [0.2, 0.25) is 0 Å². The molecule has 1 aromatic carbocycles. The average molecular weight is 548 g/mol. The number of halogens is 3. The highest BCUT2D eigenvalue weighted by atomic mass is 19.4. The number of hydrogen-bond donors (Lipinski definition) is 0. The fourth-order valence-electron chi connectivity index (χ4n) is 6.18. The summed E-state index contributed by atoms with van der Waals surface area (Å²) in [6.45, 7) is 5.32. The van der Waals surface area contributed by atoms with Gasteiger partial charge in [-0.25, -0.2) is 9.97 Å². The first kappa shape index (κ1) is 27.8. The van der Waals surface area contributed by atoms with E-state index >= 15 is 0 Å². The number of carbonyl (C=O) groups excluding carboxylic acids is 1. The van der Waals surface area contributed by atoms with Gasteiger partial charge in [-0.05, 0) is 62.9 Å². The standard InChI is InChI=1S/C28H36F3N5O3/c1-18-25(27(37)35-11-7-22(8-12-35)34(2)23-9-13-39-16-24(23)38-3)32-17-33-26(18)36-10-6-19-4-5-21(28(29,30)31)14-20(19)15-36/h4-5,14,17,22-24H,6-13,15-16H2,1-3H3. The molecule has 0 bridgehead atoms. The van der Waals surface area contributed by atoms with Crippen molar-refractivity contribution in [1.82, 2.24) is 19.8 Å². The maximum atomic E-state index is 13.5. The van der Waals surface area contributed by atoms with Crippen molar-refractivity contribution < 1.29 is 27.4 Å². The molecule has 0 aliphatic carbocycles. The summed E-state index contributed by atoms with van der Waals surface area (Å²) < 4.78 is 51.0. The molecule has 2 saturated heterocycles. The molecule has 212 valence electrons. The Morgan fingerprint density at radius 2 is 1.90 bits per heavy atom. The quantitative estimate of drug-likeness (QED) is 0.565. The van der Waals surface area contributed by atoms with Gasteiger partial charge in [-0.15, -0.1) is 0 Å². The molecule has 3 aliphatic heterocycles. The van der Waals surface area contributed by atoms with Crippen LogP contribution in [0.1, 0.15) is 52.0 Å². The van der Waals surface area contributed by atoms with Gasteiger partial charge in [-0.2, -0.15) is 13.2 Å². The molecule has 1 amide bonds. The molecular formula is C28H36F3N5O3. The molecule has 8 nitrogen and oxygen atoms in total. The third kappa shape index (κ3) is 5.76. The summed E-state index contributed by atoms with van der Waals surface area (Å²) in [5.41, 5.74) is 1.90. The van der Waals surface area contributed by atoms with Crippen LogP contribution < -0.4 is 4.90 Å². The molecule has 5 rings (SSSR count). The number of methoxy groups -OCH3 is 1. The van der Waals surface area contributed by atoms with Crippen molar-refractivity contribution in [3.8, 4) is 0 Å². The smallest absolute Gasteiger partial charge is 0.379 e. The maximum Gasteiger partial charge on any atom is 0.416 e. The van der Waals surface area contributed by atoms with Gasteiger partial charge >= 0.3 is 6.18 Å². The zero-order chi connectivity index (χ0) is 27.7. The number of benzene rings is 1. The average Bonchev–Trinajstić information content (AvgIpc) is 2.95. The number of anilines is 1. The molecule has 39 heavy (non-hydrogen) atoms. The zero-order valence-corrected chi connectivity index (χ0v) is 22.7. The highest BCUT2D eigenvalue weighted by molar-refractivity contribution is 5.94. The van der Waals surface area contributed by atoms with Crippen molar-refractivity contribution in [2.75, 3.05) is 51.9 Å². The highest BCUT2D eigenvalue weighted by Crippen LogP contribution is 2.34. The van der Waals surface area contributed by atoms with Crippen molar-refractivity contribution in [1.29, 1.82) is 0 Å². The van der Waals surface area contributed by atoms with Gasteiger partial charge in [0.15, 0.2) is 0 Å². The lowest BCUT2D eigenvalue weighted by atomic mass is 9.96. The Balaban J connectivity index is 1.26. The monoisotopic (exact) mass is 547 g/mol. The summed E-state index contributed by atoms with van der Waals surface area (Å²) in [6, 6.07) is 4.58. The molecule has 1 aromatic heterocycles. The Bertz CT molecular complexity index is 1190. The van der Waals surface area contributed by atoms with E-state index in [0.29, 0.717) is 73.9 Å². The highest BCUT2D eigenvalue weighted by Gasteiger charge is 2.36. The van der Waals surface area contributed by atoms with Gasteiger partial charge in [0.25, 0.3) is 5.91 Å². The molecule has 3 aliphatic rings. The van der Waals surface area contributed by atoms with Crippen molar-refractivity contribution in [3.05, 3.63) is 52.5 Å². The Morgan fingerprint density at radius 1 is 1.13 bits per heavy atom. The van der Waals surface area contributed by atoms with Crippen LogP contribution in [-0.4, -0.2) is 90.9 Å². The summed E-state index contributed by atoms with van der Waals surface area (Å²) in [7, 11) is 3.86. The molecule has 11 heteroatoms. The summed E-state index contributed by atoms with van der Waals surface area (Å²) in [5, 5.41) is 0. The molecule has 0 radical (unpaired) electrons. The second-order valence-corrected chi connectivity index (χ2v) is 10.7. The third-order valence-electron chi connectivity index (χ3n) is 8.53. The number of likely N-dealkylation sites (N-methyl/N-ethyl adjacent to an activating group) is 1. The zero-order valence-electron chi connectivity index (χ0n) is 22.7. The molecule has 2 atom stereocenters. The van der Waals surface area contributed by atoms with Crippen LogP contribution in [0.2, 0.25) is 0 Å². The summed E-state index contributed by atoms with van der Waals surface area (Å²) in [4.78, 5) is 28.5. The van der Waals surface area contributed by atoms with E-state index in [0.717, 1.165) is 37.5 Å². The second-order valence-electron chi connectivity index (χ2n) is 10.7. The normalized spacial score (nSPS) is 22.7. The first-order valence-corrected chi connectivity index (χ1v) is 13.5. The van der Waals surface area contributed by atoms with Gasteiger partial charge in [0.05, 0.1) is 18.3 Å². The minimum Gasteiger partial charge on any atom is -0.379 e. The first-order chi connectivity index (χ1) is 18.7. The Labute approximate surface area is 227 Å². The molecule has 2 unspecified atom stereocenters. The number of carbonyl (C=O) groups is 1. The molecule has 2 aromatic rings. The largest absolute Gasteiger partial charge is 0.416 e. The van der Waals surface area contributed by atoms with Gasteiger partial charge in [-0.3, -0.25) is 9.69 Å². The second kappa shape index (κ2) is 11.4. The number of piperidine rings is 1. The van der Waals surface area contributed by atoms with Crippen LogP contribution in [0.4, 0.5) is 19.0 Å². The lowest BCUT2D eigenvalue weighted by Gasteiger charge is -2.44. The minimum atomic E-state index is -4.39. The first-order valence-electron chi connectivity index (χ1n) is 13.5. The van der Waals surface area contributed by atoms with Crippen LogP contribution in [0, 0.1) is 6.92 Å². The van der Waals surface area contributed by atoms with E-state index in [1.165, 1.54) is 12.4 Å². The summed E-state index contributed by atoms with van der Waals surface area (Å²) in [6.07, 6.45) is 0.295. The summed E-state index contributed by atoms with van der Waals surface area (Å²) >= 11 is 0. The Kier molecular flexibility index (Phi) is 8.11. The minimum absolute atomic E-state index is 0.0484. The number of rotatable bonds is 5. The van der Waals surface area contributed by atoms with E-state index < -0.39 is 11.7 Å². The fourth-order valence-corrected chi connectivity index (χ4v) is 6.18. The SMILES string of the molecule is COC1COCCC1N(C)C1CCN(C(=O)c2ncnc(N3CCc4ccc(C(F)(F)F)cc4C3)c2C)CC1. The molecule has 2 fully saturated rings. The molecular weight excluding hydrogens is 511 g/mol. The predicted octanol–water partition coefficient (Wildman–Crippen LogP) is 3.71. The van der Waals surface area contributed by atoms with Gasteiger partial charge < -0.3 is 19.3 Å². The van der Waals surface area contributed by atoms with E-state index in [1.54, 1.807) is 13.2 Å². The van der Waals surface area contributed by atoms with Crippen molar-refractivity contribution in [2.45, 2.75) is 63.5 Å². The lowest BCUT2D eigenvalue weighted by Crippen LogP contribution is -2.54. The van der Waals surface area contributed by atoms with Gasteiger partial charge in [0.1, 0.15) is 17.8 Å². The Morgan fingerprint density at radius 3 is 2.62 bits per heavy atom. The molecule has 0 spiro atoms. The number of hydrogen-bond acceptors (Lipinski definition) is 7. The van der Waals surface area contributed by atoms with Crippen LogP contribution in [0.25, 0.3) is 0 Å². The topological polar surface area (TPSA) is 71.0 Å². The maximum absolute atomic E-state index is 13.5. The number of likely N-dealkylation sites (tertiary alicyclic amines) is 1. The van der Waals surface area contributed by atoms with Crippen molar-refractivity contribution in [3.63, 3.8) is 0 Å². The van der Waals surface area contributed by atoms with Gasteiger partial charge in [-0.1, -0.05) is 6.07 Å². The van der Waals surface area contributed by atoms with E-state index in [9.17, 15) is 18.0 Å². The van der Waals surface area contributed by atoms with E-state index in [2.05, 4.69) is 21.9 Å². The van der Waals surface area contributed by atoms with Crippen molar-refractivity contribution >= 4 is 11.7 Å². The number of aromatic nitrogens is 2. The van der Waals surface area contributed by atoms with Crippen LogP contribution in [-0.2, 0) is 28.6 Å². The van der Waals surface area contributed by atoms with Crippen LogP contribution >= 0.6 is 0 Å². The number of ether oxygens (including phenoxy) is 2. The van der Waals surface area contributed by atoms with Crippen LogP contribution in [0.5, 0.6) is 0 Å². The third-order valence-corrected chi connectivity index (χ3v) is 8.53. The lowest BCUT2D eigenvalue weighted by molar-refractivity contribution is -0.137. The number of alkyl halides is 3. The fraction of sp³-hybridized carbons (Fsp3) is 0.607. The Hall–Kier alpha value is -2.76. The molecule has 0 saturated carbocycles. The molecule has 0 N–H and O–H groups in total. The van der Waals surface area contributed by atoms with Crippen molar-refractivity contribution in [2.24, 2.45) is 0 Å². The molecule has 4 heterocycles.